The van der Waals surface area contributed by atoms with E-state index in [0.717, 1.165) is 30.7 Å². The zero-order valence-electron chi connectivity index (χ0n) is 24.7. The lowest BCUT2D eigenvalue weighted by Gasteiger charge is -2.32. The number of hydroxylamine groups is 2. The molecule has 0 heterocycles. The molecule has 2 atom stereocenters. The Balaban J connectivity index is 3.41. The SMILES string of the molecule is CCCCCCCCCCCCCCC(O)CN([O-])CC(O)CCCCCCCCCCCCCC. The molecule has 218 valence electrons. The summed E-state index contributed by atoms with van der Waals surface area (Å²) in [4.78, 5) is 0. The normalized spacial score (nSPS) is 13.5. The molecule has 36 heavy (non-hydrogen) atoms. The van der Waals surface area contributed by atoms with Gasteiger partial charge in [0.05, 0.1) is 12.2 Å². The minimum Gasteiger partial charge on any atom is -0.785 e. The van der Waals surface area contributed by atoms with E-state index in [1.54, 1.807) is 0 Å². The Morgan fingerprint density at radius 1 is 0.417 bits per heavy atom. The third-order valence-electron chi connectivity index (χ3n) is 7.61. The second kappa shape index (κ2) is 29.4. The molecule has 0 saturated carbocycles. The van der Waals surface area contributed by atoms with Crippen LogP contribution in [0.5, 0.6) is 0 Å². The van der Waals surface area contributed by atoms with Crippen LogP contribution in [0.15, 0.2) is 0 Å². The van der Waals surface area contributed by atoms with Crippen molar-refractivity contribution in [2.75, 3.05) is 13.1 Å². The molecular weight excluding hydrogens is 446 g/mol. The third-order valence-corrected chi connectivity index (χ3v) is 7.61. The summed E-state index contributed by atoms with van der Waals surface area (Å²) in [6, 6.07) is 0. The van der Waals surface area contributed by atoms with Gasteiger partial charge in [0.1, 0.15) is 0 Å². The first-order chi connectivity index (χ1) is 17.6. The lowest BCUT2D eigenvalue weighted by atomic mass is 10.0. The number of hydrogen-bond acceptors (Lipinski definition) is 4. The molecule has 0 spiro atoms. The molecule has 0 aromatic carbocycles. The molecule has 2 N–H and O–H groups in total. The Bertz CT molecular complexity index is 371. The fourth-order valence-corrected chi connectivity index (χ4v) is 5.17. The van der Waals surface area contributed by atoms with E-state index in [1.807, 2.05) is 0 Å². The molecule has 0 aliphatic heterocycles. The Morgan fingerprint density at radius 3 is 0.889 bits per heavy atom. The van der Waals surface area contributed by atoms with Gasteiger partial charge in [-0.2, -0.15) is 0 Å². The maximum atomic E-state index is 12.1. The maximum absolute atomic E-state index is 12.1. The lowest BCUT2D eigenvalue weighted by Crippen LogP contribution is -2.34. The van der Waals surface area contributed by atoms with Gasteiger partial charge < -0.3 is 20.5 Å². The molecule has 0 amide bonds. The predicted molar refractivity (Wildman–Crippen MR) is 158 cm³/mol. The van der Waals surface area contributed by atoms with Crippen LogP contribution in [-0.4, -0.2) is 40.6 Å². The Labute approximate surface area is 226 Å². The van der Waals surface area contributed by atoms with Crippen LogP contribution in [0.2, 0.25) is 0 Å². The molecule has 0 aromatic rings. The molecular formula is C32H66NO3-. The lowest BCUT2D eigenvalue weighted by molar-refractivity contribution is 0.0832. The van der Waals surface area contributed by atoms with E-state index in [-0.39, 0.29) is 13.1 Å². The van der Waals surface area contributed by atoms with Crippen molar-refractivity contribution in [3.63, 3.8) is 0 Å². The molecule has 0 saturated heterocycles. The molecule has 0 aromatic heterocycles. The number of nitrogens with zero attached hydrogens (tertiary/aromatic N) is 1. The van der Waals surface area contributed by atoms with Crippen LogP contribution in [0.1, 0.15) is 181 Å². The highest BCUT2D eigenvalue weighted by Gasteiger charge is 2.09. The van der Waals surface area contributed by atoms with Gasteiger partial charge in [0.15, 0.2) is 0 Å². The number of hydrogen-bond donors (Lipinski definition) is 2. The van der Waals surface area contributed by atoms with Crippen LogP contribution in [0.4, 0.5) is 0 Å². The largest absolute Gasteiger partial charge is 0.785 e. The molecule has 0 fully saturated rings. The van der Waals surface area contributed by atoms with Crippen molar-refractivity contribution in [2.24, 2.45) is 0 Å². The van der Waals surface area contributed by atoms with Gasteiger partial charge >= 0.3 is 0 Å². The van der Waals surface area contributed by atoms with E-state index in [0.29, 0.717) is 12.8 Å². The van der Waals surface area contributed by atoms with Crippen molar-refractivity contribution in [1.82, 2.24) is 5.06 Å². The second-order valence-corrected chi connectivity index (χ2v) is 11.5. The van der Waals surface area contributed by atoms with Gasteiger partial charge in [-0.3, -0.25) is 0 Å². The van der Waals surface area contributed by atoms with E-state index in [4.69, 9.17) is 0 Å². The van der Waals surface area contributed by atoms with Crippen LogP contribution in [0.3, 0.4) is 0 Å². The quantitative estimate of drug-likeness (QED) is 0.0742. The monoisotopic (exact) mass is 513 g/mol. The molecule has 4 heteroatoms. The van der Waals surface area contributed by atoms with E-state index in [2.05, 4.69) is 13.8 Å². The molecule has 0 bridgehead atoms. The summed E-state index contributed by atoms with van der Waals surface area (Å²) in [5.74, 6) is 0. The van der Waals surface area contributed by atoms with Crippen molar-refractivity contribution < 1.29 is 10.2 Å². The van der Waals surface area contributed by atoms with Gasteiger partial charge in [-0.1, -0.05) is 168 Å². The Hall–Kier alpha value is -0.160. The van der Waals surface area contributed by atoms with Gasteiger partial charge in [-0.05, 0) is 12.8 Å². The van der Waals surface area contributed by atoms with Gasteiger partial charge in [-0.25, -0.2) is 0 Å². The predicted octanol–water partition coefficient (Wildman–Crippen LogP) is 9.69. The number of aliphatic hydroxyl groups is 2. The Morgan fingerprint density at radius 2 is 0.639 bits per heavy atom. The molecule has 0 aliphatic carbocycles. The first-order valence-corrected chi connectivity index (χ1v) is 16.4. The molecule has 2 unspecified atom stereocenters. The summed E-state index contributed by atoms with van der Waals surface area (Å²) in [7, 11) is 0. The molecule has 0 rings (SSSR count). The molecule has 0 aliphatic rings. The fourth-order valence-electron chi connectivity index (χ4n) is 5.17. The van der Waals surface area contributed by atoms with E-state index < -0.39 is 12.2 Å². The van der Waals surface area contributed by atoms with E-state index >= 15 is 0 Å². The highest BCUT2D eigenvalue weighted by molar-refractivity contribution is 4.69. The highest BCUT2D eigenvalue weighted by Crippen LogP contribution is 2.15. The van der Waals surface area contributed by atoms with Crippen molar-refractivity contribution in [3.8, 4) is 0 Å². The van der Waals surface area contributed by atoms with Crippen molar-refractivity contribution in [3.05, 3.63) is 5.21 Å². The molecule has 0 radical (unpaired) electrons. The van der Waals surface area contributed by atoms with Crippen LogP contribution < -0.4 is 0 Å². The van der Waals surface area contributed by atoms with E-state index in [1.165, 1.54) is 128 Å². The fraction of sp³-hybridized carbons (Fsp3) is 1.00. The van der Waals surface area contributed by atoms with Gasteiger partial charge in [0.2, 0.25) is 0 Å². The van der Waals surface area contributed by atoms with Crippen molar-refractivity contribution >= 4 is 0 Å². The van der Waals surface area contributed by atoms with Gasteiger partial charge in [0, 0.05) is 13.1 Å². The first-order valence-electron chi connectivity index (χ1n) is 16.4. The minimum atomic E-state index is -0.565. The number of unbranched alkanes of at least 4 members (excludes halogenated alkanes) is 22. The number of rotatable bonds is 30. The van der Waals surface area contributed by atoms with Crippen LogP contribution in [-0.2, 0) is 0 Å². The van der Waals surface area contributed by atoms with Gasteiger partial charge in [0.25, 0.3) is 0 Å². The summed E-state index contributed by atoms with van der Waals surface area (Å²) in [6.07, 6.45) is 31.6. The van der Waals surface area contributed by atoms with Crippen LogP contribution >= 0.6 is 0 Å². The number of aliphatic hydroxyl groups excluding tert-OH is 2. The highest BCUT2D eigenvalue weighted by atomic mass is 16.5. The smallest absolute Gasteiger partial charge is 0.0657 e. The second-order valence-electron chi connectivity index (χ2n) is 11.5. The standard InChI is InChI=1S/C32H66NO3/c1-3-5-7-9-11-13-15-17-19-21-23-25-27-31(34)29-33(36)30-32(35)28-26-24-22-20-18-16-14-12-10-8-6-4-2/h31-32,34-35H,3-30H2,1-2H3/q-1. The average Bonchev–Trinajstić information content (AvgIpc) is 2.85. The zero-order chi connectivity index (χ0) is 26.5. The summed E-state index contributed by atoms with van der Waals surface area (Å²) >= 11 is 0. The van der Waals surface area contributed by atoms with Crippen molar-refractivity contribution in [1.29, 1.82) is 0 Å². The van der Waals surface area contributed by atoms with Crippen molar-refractivity contribution in [2.45, 2.75) is 193 Å². The summed E-state index contributed by atoms with van der Waals surface area (Å²) in [5.41, 5.74) is 0. The van der Waals surface area contributed by atoms with Crippen LogP contribution in [0, 0.1) is 5.21 Å². The summed E-state index contributed by atoms with van der Waals surface area (Å²) < 4.78 is 0. The third kappa shape index (κ3) is 28.4. The van der Waals surface area contributed by atoms with Crippen LogP contribution in [0.25, 0.3) is 0 Å². The van der Waals surface area contributed by atoms with E-state index in [9.17, 15) is 15.4 Å². The minimum absolute atomic E-state index is 0.132. The van der Waals surface area contributed by atoms with Gasteiger partial charge in [-0.15, -0.1) is 0 Å². The first kappa shape index (κ1) is 35.8. The Kier molecular flexibility index (Phi) is 29.3. The molecule has 4 nitrogen and oxygen atoms in total. The maximum Gasteiger partial charge on any atom is 0.0657 e. The summed E-state index contributed by atoms with van der Waals surface area (Å²) in [6.45, 7) is 4.80. The summed E-state index contributed by atoms with van der Waals surface area (Å²) in [5, 5.41) is 33.3. The average molecular weight is 513 g/mol. The zero-order valence-corrected chi connectivity index (χ0v) is 24.7. The topological polar surface area (TPSA) is 66.8 Å².